The number of nitrogens with zero attached hydrogens (tertiary/aromatic N) is 3. The highest BCUT2D eigenvalue weighted by Crippen LogP contribution is 2.46. The molecule has 0 aromatic carbocycles. The van der Waals surface area contributed by atoms with Crippen molar-refractivity contribution in [2.75, 3.05) is 0 Å². The maximum Gasteiger partial charge on any atom is 0.261 e. The van der Waals surface area contributed by atoms with E-state index in [0.717, 1.165) is 17.7 Å². The molecular formula is C14H19N5OS. The molecule has 1 aliphatic rings. The highest BCUT2D eigenvalue weighted by atomic mass is 32.1. The van der Waals surface area contributed by atoms with Crippen molar-refractivity contribution in [3.05, 3.63) is 17.0 Å². The van der Waals surface area contributed by atoms with E-state index in [9.17, 15) is 4.79 Å². The van der Waals surface area contributed by atoms with E-state index in [1.807, 2.05) is 12.1 Å². The molecule has 0 bridgehead atoms. The lowest BCUT2D eigenvalue weighted by atomic mass is 9.62. The minimum absolute atomic E-state index is 0.000510. The zero-order valence-corrected chi connectivity index (χ0v) is 13.0. The van der Waals surface area contributed by atoms with Crippen LogP contribution in [0, 0.1) is 5.41 Å². The number of aromatic amines is 1. The molecule has 0 spiro atoms. The lowest BCUT2D eigenvalue weighted by molar-refractivity contribution is 0.0608. The number of amides is 1. The molecule has 2 aromatic rings. The van der Waals surface area contributed by atoms with Crippen LogP contribution in [0.1, 0.15) is 49.2 Å². The molecule has 6 nitrogen and oxygen atoms in total. The van der Waals surface area contributed by atoms with Gasteiger partial charge in [-0.15, -0.1) is 21.5 Å². The Morgan fingerprint density at radius 2 is 2.19 bits per heavy atom. The number of aromatic nitrogens is 4. The lowest BCUT2D eigenvalue weighted by Crippen LogP contribution is -2.50. The number of thiophene rings is 1. The van der Waals surface area contributed by atoms with Gasteiger partial charge in [0.25, 0.3) is 5.91 Å². The van der Waals surface area contributed by atoms with E-state index in [4.69, 9.17) is 0 Å². The maximum atomic E-state index is 12.3. The van der Waals surface area contributed by atoms with Crippen molar-refractivity contribution in [1.29, 1.82) is 0 Å². The largest absolute Gasteiger partial charge is 0.349 e. The van der Waals surface area contributed by atoms with Crippen molar-refractivity contribution in [2.45, 2.75) is 45.6 Å². The van der Waals surface area contributed by atoms with Gasteiger partial charge >= 0.3 is 0 Å². The van der Waals surface area contributed by atoms with Gasteiger partial charge in [-0.1, -0.05) is 26.7 Å². The van der Waals surface area contributed by atoms with Crippen LogP contribution in [0.25, 0.3) is 10.7 Å². The number of H-pyrrole nitrogens is 1. The number of carbonyl (C=O) groups excluding carboxylic acids is 1. The third-order valence-corrected chi connectivity index (χ3v) is 5.67. The SMILES string of the molecule is CCC1(CC)CC(NC(=O)c2ccc(-c3nn[nH]n3)s2)C1. The van der Waals surface area contributed by atoms with Crippen LogP contribution in [0.4, 0.5) is 0 Å². The fourth-order valence-electron chi connectivity index (χ4n) is 3.02. The van der Waals surface area contributed by atoms with Crippen LogP contribution >= 0.6 is 11.3 Å². The summed E-state index contributed by atoms with van der Waals surface area (Å²) in [7, 11) is 0. The Bertz CT molecular complexity index is 609. The summed E-state index contributed by atoms with van der Waals surface area (Å²) >= 11 is 1.39. The molecule has 0 atom stereocenters. The van der Waals surface area contributed by atoms with Gasteiger partial charge in [-0.25, -0.2) is 0 Å². The third kappa shape index (κ3) is 2.70. The van der Waals surface area contributed by atoms with Crippen LogP contribution in [0.3, 0.4) is 0 Å². The molecule has 2 aromatic heterocycles. The van der Waals surface area contributed by atoms with Gasteiger partial charge in [0.1, 0.15) is 0 Å². The highest BCUT2D eigenvalue weighted by Gasteiger charge is 2.41. The number of hydrogen-bond donors (Lipinski definition) is 2. The first-order valence-electron chi connectivity index (χ1n) is 7.30. The van der Waals surface area contributed by atoms with E-state index >= 15 is 0 Å². The summed E-state index contributed by atoms with van der Waals surface area (Å²) in [5, 5.41) is 16.9. The predicted octanol–water partition coefficient (Wildman–Crippen LogP) is 2.63. The summed E-state index contributed by atoms with van der Waals surface area (Å²) in [6.45, 7) is 4.47. The average molecular weight is 305 g/mol. The van der Waals surface area contributed by atoms with E-state index in [0.29, 0.717) is 22.2 Å². The van der Waals surface area contributed by atoms with Gasteiger partial charge in [0, 0.05) is 6.04 Å². The van der Waals surface area contributed by atoms with Crippen molar-refractivity contribution in [3.63, 3.8) is 0 Å². The van der Waals surface area contributed by atoms with E-state index in [1.165, 1.54) is 24.2 Å². The molecule has 2 heterocycles. The van der Waals surface area contributed by atoms with Gasteiger partial charge in [0.05, 0.1) is 9.75 Å². The number of tetrazole rings is 1. The Hall–Kier alpha value is -1.76. The minimum atomic E-state index is 0.000510. The standard InChI is InChI=1S/C14H19N5OS/c1-3-14(4-2)7-9(8-14)15-13(20)11-6-5-10(21-11)12-16-18-19-17-12/h5-6,9H,3-4,7-8H2,1-2H3,(H,15,20)(H,16,17,18,19). The van der Waals surface area contributed by atoms with Crippen molar-refractivity contribution >= 4 is 17.2 Å². The van der Waals surface area contributed by atoms with Gasteiger partial charge < -0.3 is 5.32 Å². The summed E-state index contributed by atoms with van der Waals surface area (Å²) in [5.74, 6) is 0.527. The second-order valence-corrected chi connectivity index (χ2v) is 6.77. The van der Waals surface area contributed by atoms with Crippen molar-refractivity contribution < 1.29 is 4.79 Å². The normalized spacial score (nSPS) is 17.4. The van der Waals surface area contributed by atoms with Gasteiger partial charge in [-0.05, 0) is 35.6 Å². The van der Waals surface area contributed by atoms with Gasteiger partial charge in [0.2, 0.25) is 5.82 Å². The van der Waals surface area contributed by atoms with Crippen molar-refractivity contribution in [1.82, 2.24) is 25.9 Å². The van der Waals surface area contributed by atoms with Crippen molar-refractivity contribution in [3.8, 4) is 10.7 Å². The van der Waals surface area contributed by atoms with Crippen LogP contribution in [0.15, 0.2) is 12.1 Å². The van der Waals surface area contributed by atoms with E-state index < -0.39 is 0 Å². The highest BCUT2D eigenvalue weighted by molar-refractivity contribution is 7.17. The second-order valence-electron chi connectivity index (χ2n) is 5.69. The Morgan fingerprint density at radius 1 is 1.43 bits per heavy atom. The summed E-state index contributed by atoms with van der Waals surface area (Å²) in [5.41, 5.74) is 0.448. The van der Waals surface area contributed by atoms with E-state index in [1.54, 1.807) is 0 Å². The molecule has 1 aliphatic carbocycles. The van der Waals surface area contributed by atoms with Gasteiger partial charge in [-0.3, -0.25) is 4.79 Å². The molecular weight excluding hydrogens is 286 g/mol. The summed E-state index contributed by atoms with van der Waals surface area (Å²) < 4.78 is 0. The summed E-state index contributed by atoms with van der Waals surface area (Å²) in [4.78, 5) is 13.8. The first kappa shape index (κ1) is 14.2. The molecule has 0 unspecified atom stereocenters. The van der Waals surface area contributed by atoms with Gasteiger partial charge in [0.15, 0.2) is 0 Å². The molecule has 0 radical (unpaired) electrons. The quantitative estimate of drug-likeness (QED) is 0.889. The Kier molecular flexibility index (Phi) is 3.75. The first-order valence-corrected chi connectivity index (χ1v) is 8.12. The molecule has 0 saturated heterocycles. The zero-order valence-electron chi connectivity index (χ0n) is 12.2. The third-order valence-electron chi connectivity index (χ3n) is 4.59. The van der Waals surface area contributed by atoms with Gasteiger partial charge in [-0.2, -0.15) is 5.21 Å². The maximum absolute atomic E-state index is 12.3. The molecule has 112 valence electrons. The molecule has 2 N–H and O–H groups in total. The molecule has 3 rings (SSSR count). The number of carbonyl (C=O) groups is 1. The number of nitrogens with one attached hydrogen (secondary N) is 2. The fourth-order valence-corrected chi connectivity index (χ4v) is 3.86. The van der Waals surface area contributed by atoms with E-state index in [-0.39, 0.29) is 5.91 Å². The first-order chi connectivity index (χ1) is 10.2. The molecule has 0 aliphatic heterocycles. The summed E-state index contributed by atoms with van der Waals surface area (Å²) in [6, 6.07) is 3.98. The molecule has 1 fully saturated rings. The lowest BCUT2D eigenvalue weighted by Gasteiger charge is -2.47. The Morgan fingerprint density at radius 3 is 2.81 bits per heavy atom. The molecule has 1 amide bonds. The van der Waals surface area contributed by atoms with Crippen LogP contribution in [0.5, 0.6) is 0 Å². The monoisotopic (exact) mass is 305 g/mol. The van der Waals surface area contributed by atoms with Crippen molar-refractivity contribution in [2.24, 2.45) is 5.41 Å². The summed E-state index contributed by atoms with van der Waals surface area (Å²) in [6.07, 6.45) is 4.57. The topological polar surface area (TPSA) is 83.6 Å². The molecule has 21 heavy (non-hydrogen) atoms. The number of hydrogen-bond acceptors (Lipinski definition) is 5. The average Bonchev–Trinajstić information content (AvgIpc) is 3.11. The second kappa shape index (κ2) is 5.55. The number of rotatable bonds is 5. The predicted molar refractivity (Wildman–Crippen MR) is 81.0 cm³/mol. The van der Waals surface area contributed by atoms with Crippen LogP contribution in [-0.4, -0.2) is 32.6 Å². The fraction of sp³-hybridized carbons (Fsp3) is 0.571. The van der Waals surface area contributed by atoms with E-state index in [2.05, 4.69) is 39.8 Å². The van der Waals surface area contributed by atoms with Crippen LogP contribution in [-0.2, 0) is 0 Å². The molecule has 7 heteroatoms. The van der Waals surface area contributed by atoms with Crippen LogP contribution < -0.4 is 5.32 Å². The smallest absolute Gasteiger partial charge is 0.261 e. The van der Waals surface area contributed by atoms with Crippen LogP contribution in [0.2, 0.25) is 0 Å². The Balaban J connectivity index is 1.60. The zero-order chi connectivity index (χ0) is 14.9. The minimum Gasteiger partial charge on any atom is -0.349 e. The molecule has 1 saturated carbocycles. The Labute approximate surface area is 127 Å².